The van der Waals surface area contributed by atoms with E-state index in [2.05, 4.69) is 17.0 Å². The van der Waals surface area contributed by atoms with Crippen LogP contribution in [-0.2, 0) is 20.1 Å². The van der Waals surface area contributed by atoms with Crippen molar-refractivity contribution >= 4 is 22.6 Å². The van der Waals surface area contributed by atoms with Crippen LogP contribution in [0, 0.1) is 6.92 Å². The van der Waals surface area contributed by atoms with Crippen molar-refractivity contribution in [1.82, 2.24) is 9.55 Å². The van der Waals surface area contributed by atoms with Gasteiger partial charge in [-0.25, -0.2) is 4.98 Å². The van der Waals surface area contributed by atoms with Gasteiger partial charge in [-0.15, -0.1) is 0 Å². The van der Waals surface area contributed by atoms with E-state index in [0.29, 0.717) is 22.4 Å². The molecule has 0 bridgehead atoms. The molecule has 0 amide bonds. The molecule has 0 aliphatic carbocycles. The second-order valence-corrected chi connectivity index (χ2v) is 6.61. The third-order valence-corrected chi connectivity index (χ3v) is 4.91. The SMILES string of the molecule is CC(=O)c1c(C)ccc2nc(N3Cc4ccccc4C3)n(C)c(=O)c12. The molecule has 25 heavy (non-hydrogen) atoms. The lowest BCUT2D eigenvalue weighted by Gasteiger charge is -2.20. The van der Waals surface area contributed by atoms with Crippen LogP contribution in [0.1, 0.15) is 34.0 Å². The summed E-state index contributed by atoms with van der Waals surface area (Å²) in [6, 6.07) is 11.9. The van der Waals surface area contributed by atoms with Gasteiger partial charge in [0.05, 0.1) is 10.9 Å². The van der Waals surface area contributed by atoms with Crippen LogP contribution in [0.25, 0.3) is 10.9 Å². The van der Waals surface area contributed by atoms with Gasteiger partial charge in [-0.2, -0.15) is 0 Å². The summed E-state index contributed by atoms with van der Waals surface area (Å²) in [5, 5.41) is 0.412. The summed E-state index contributed by atoms with van der Waals surface area (Å²) < 4.78 is 1.56. The van der Waals surface area contributed by atoms with Crippen LogP contribution >= 0.6 is 0 Å². The Bertz CT molecular complexity index is 1060. The Morgan fingerprint density at radius 3 is 2.32 bits per heavy atom. The van der Waals surface area contributed by atoms with Crippen molar-refractivity contribution in [3.63, 3.8) is 0 Å². The first-order valence-electron chi connectivity index (χ1n) is 8.30. The molecule has 0 saturated heterocycles. The number of carbonyl (C=O) groups excluding carboxylic acids is 1. The number of hydrogen-bond acceptors (Lipinski definition) is 4. The van der Waals surface area contributed by atoms with E-state index in [4.69, 9.17) is 4.98 Å². The molecule has 5 heteroatoms. The number of nitrogens with zero attached hydrogens (tertiary/aromatic N) is 3. The number of rotatable bonds is 2. The van der Waals surface area contributed by atoms with Crippen LogP contribution in [-0.4, -0.2) is 15.3 Å². The molecule has 1 aromatic heterocycles. The fraction of sp³-hybridized carbons (Fsp3) is 0.250. The third-order valence-electron chi connectivity index (χ3n) is 4.91. The first kappa shape index (κ1) is 15.6. The Labute approximate surface area is 145 Å². The maximum atomic E-state index is 13.0. The molecular formula is C20H19N3O2. The fourth-order valence-corrected chi connectivity index (χ4v) is 3.66. The predicted octanol–water partition coefficient (Wildman–Crippen LogP) is 2.96. The van der Waals surface area contributed by atoms with Crippen molar-refractivity contribution in [1.29, 1.82) is 0 Å². The normalized spacial score (nSPS) is 13.3. The van der Waals surface area contributed by atoms with Gasteiger partial charge >= 0.3 is 0 Å². The van der Waals surface area contributed by atoms with E-state index in [1.165, 1.54) is 18.1 Å². The van der Waals surface area contributed by atoms with E-state index in [1.807, 2.05) is 31.2 Å². The quantitative estimate of drug-likeness (QED) is 0.677. The minimum absolute atomic E-state index is 0.108. The van der Waals surface area contributed by atoms with Crippen LogP contribution in [0.5, 0.6) is 0 Å². The van der Waals surface area contributed by atoms with Gasteiger partial charge in [0.2, 0.25) is 5.95 Å². The molecule has 0 fully saturated rings. The summed E-state index contributed by atoms with van der Waals surface area (Å²) in [5.74, 6) is 0.524. The van der Waals surface area contributed by atoms with Crippen molar-refractivity contribution < 1.29 is 4.79 Å². The average Bonchev–Trinajstić information content (AvgIpc) is 3.01. The lowest BCUT2D eigenvalue weighted by atomic mass is 10.0. The van der Waals surface area contributed by atoms with Crippen molar-refractivity contribution in [3.8, 4) is 0 Å². The van der Waals surface area contributed by atoms with Crippen LogP contribution in [0.4, 0.5) is 5.95 Å². The number of hydrogen-bond donors (Lipinski definition) is 0. The second-order valence-electron chi connectivity index (χ2n) is 6.61. The highest BCUT2D eigenvalue weighted by Gasteiger charge is 2.24. The van der Waals surface area contributed by atoms with Gasteiger partial charge in [0.15, 0.2) is 5.78 Å². The zero-order valence-corrected chi connectivity index (χ0v) is 14.5. The van der Waals surface area contributed by atoms with Gasteiger partial charge in [-0.3, -0.25) is 14.2 Å². The highest BCUT2D eigenvalue weighted by atomic mass is 16.1. The first-order chi connectivity index (χ1) is 12.0. The maximum absolute atomic E-state index is 13.0. The minimum atomic E-state index is -0.176. The number of benzene rings is 2. The van der Waals surface area contributed by atoms with Gasteiger partial charge in [0.25, 0.3) is 5.56 Å². The van der Waals surface area contributed by atoms with E-state index in [9.17, 15) is 9.59 Å². The summed E-state index contributed by atoms with van der Waals surface area (Å²) in [5.41, 5.74) is 4.19. The highest BCUT2D eigenvalue weighted by Crippen LogP contribution is 2.28. The number of Topliss-reactive ketones (excluding diaryl/α,β-unsaturated/α-hetero) is 1. The third kappa shape index (κ3) is 2.35. The van der Waals surface area contributed by atoms with Gasteiger partial charge in [-0.05, 0) is 36.6 Å². The number of aromatic nitrogens is 2. The smallest absolute Gasteiger partial charge is 0.263 e. The molecule has 2 aromatic carbocycles. The van der Waals surface area contributed by atoms with Crippen LogP contribution < -0.4 is 10.5 Å². The van der Waals surface area contributed by atoms with Crippen LogP contribution in [0.2, 0.25) is 0 Å². The molecule has 1 aliphatic heterocycles. The van der Waals surface area contributed by atoms with Gasteiger partial charge in [-0.1, -0.05) is 30.3 Å². The van der Waals surface area contributed by atoms with Crippen LogP contribution in [0.3, 0.4) is 0 Å². The summed E-state index contributed by atoms with van der Waals surface area (Å²) in [4.78, 5) is 31.9. The average molecular weight is 333 g/mol. The van der Waals surface area contributed by atoms with Crippen molar-refractivity contribution in [3.05, 3.63) is 69.0 Å². The summed E-state index contributed by atoms with van der Waals surface area (Å²) in [7, 11) is 1.72. The molecule has 5 nitrogen and oxygen atoms in total. The molecule has 0 N–H and O–H groups in total. The molecule has 0 unspecified atom stereocenters. The zero-order chi connectivity index (χ0) is 17.7. The maximum Gasteiger partial charge on any atom is 0.263 e. The van der Waals surface area contributed by atoms with E-state index >= 15 is 0 Å². The van der Waals surface area contributed by atoms with E-state index in [1.54, 1.807) is 11.6 Å². The standard InChI is InChI=1S/C20H19N3O2/c1-12-8-9-16-18(17(12)13(2)24)19(25)22(3)20(21-16)23-10-14-6-4-5-7-15(14)11-23/h4-9H,10-11H2,1-3H3. The van der Waals surface area contributed by atoms with Gasteiger partial charge in [0.1, 0.15) is 0 Å². The number of ketones is 1. The monoisotopic (exact) mass is 333 g/mol. The Morgan fingerprint density at radius 2 is 1.72 bits per heavy atom. The Balaban J connectivity index is 1.91. The van der Waals surface area contributed by atoms with Crippen LogP contribution in [0.15, 0.2) is 41.2 Å². The van der Waals surface area contributed by atoms with Crippen molar-refractivity contribution in [2.45, 2.75) is 26.9 Å². The van der Waals surface area contributed by atoms with Crippen molar-refractivity contribution in [2.24, 2.45) is 7.05 Å². The molecular weight excluding hydrogens is 314 g/mol. The lowest BCUT2D eigenvalue weighted by Crippen LogP contribution is -2.29. The van der Waals surface area contributed by atoms with E-state index < -0.39 is 0 Å². The summed E-state index contributed by atoms with van der Waals surface area (Å²) >= 11 is 0. The van der Waals surface area contributed by atoms with Gasteiger partial charge < -0.3 is 4.90 Å². The Kier molecular flexibility index (Phi) is 3.46. The number of carbonyl (C=O) groups is 1. The second kappa shape index (κ2) is 5.55. The molecule has 3 aromatic rings. The number of anilines is 1. The van der Waals surface area contributed by atoms with E-state index in [0.717, 1.165) is 18.7 Å². The zero-order valence-electron chi connectivity index (χ0n) is 14.5. The van der Waals surface area contributed by atoms with Crippen molar-refractivity contribution in [2.75, 3.05) is 4.90 Å². The highest BCUT2D eigenvalue weighted by molar-refractivity contribution is 6.07. The Hall–Kier alpha value is -2.95. The molecule has 0 spiro atoms. The molecule has 0 saturated carbocycles. The topological polar surface area (TPSA) is 55.2 Å². The number of aryl methyl sites for hydroxylation is 1. The molecule has 126 valence electrons. The largest absolute Gasteiger partial charge is 0.333 e. The molecule has 1 aliphatic rings. The Morgan fingerprint density at radius 1 is 1.08 bits per heavy atom. The summed E-state index contributed by atoms with van der Waals surface area (Å²) in [6.45, 7) is 4.80. The predicted molar refractivity (Wildman–Crippen MR) is 98.1 cm³/mol. The molecule has 4 rings (SSSR count). The van der Waals surface area contributed by atoms with E-state index in [-0.39, 0.29) is 11.3 Å². The van der Waals surface area contributed by atoms with Gasteiger partial charge in [0, 0.05) is 25.7 Å². The molecule has 0 radical (unpaired) electrons. The fourth-order valence-electron chi connectivity index (χ4n) is 3.66. The molecule has 2 heterocycles. The first-order valence-corrected chi connectivity index (χ1v) is 8.30. The lowest BCUT2D eigenvalue weighted by molar-refractivity contribution is 0.101. The molecule has 0 atom stereocenters. The summed E-state index contributed by atoms with van der Waals surface area (Å²) in [6.07, 6.45) is 0. The minimum Gasteiger partial charge on any atom is -0.333 e. The number of fused-ring (bicyclic) bond motifs is 2.